The number of fused-ring (bicyclic) bond motifs is 2. The van der Waals surface area contributed by atoms with Gasteiger partial charge in [0, 0.05) is 26.2 Å². The second-order valence-corrected chi connectivity index (χ2v) is 7.42. The Morgan fingerprint density at radius 3 is 1.78 bits per heavy atom. The number of halogens is 3. The normalized spacial score (nSPS) is 10.6. The minimum absolute atomic E-state index is 0.448. The lowest BCUT2D eigenvalue weighted by molar-refractivity contribution is 0.112. The van der Waals surface area contributed by atoms with Gasteiger partial charge in [-0.2, -0.15) is 0 Å². The topological polar surface area (TPSA) is 42.9 Å². The molecule has 4 aromatic rings. The van der Waals surface area contributed by atoms with Gasteiger partial charge in [0.2, 0.25) is 0 Å². The van der Waals surface area contributed by atoms with Crippen molar-refractivity contribution >= 4 is 67.0 Å². The van der Waals surface area contributed by atoms with Crippen LogP contribution in [0.4, 0.5) is 0 Å². The third kappa shape index (κ3) is 3.98. The highest BCUT2D eigenvalue weighted by atomic mass is 79.9. The molecule has 0 unspecified atom stereocenters. The van der Waals surface area contributed by atoms with Crippen LogP contribution in [0.5, 0.6) is 0 Å². The summed E-state index contributed by atoms with van der Waals surface area (Å²) in [5.74, 6) is 0. The van der Waals surface area contributed by atoms with Crippen LogP contribution in [0, 0.1) is 13.8 Å². The van der Waals surface area contributed by atoms with Gasteiger partial charge in [0.15, 0.2) is 6.29 Å². The fraction of sp³-hybridized carbons (Fsp3) is 0.0952. The molecule has 2 heterocycles. The molecule has 0 atom stereocenters. The molecule has 136 valence electrons. The summed E-state index contributed by atoms with van der Waals surface area (Å²) in [4.78, 5) is 19.2. The first-order chi connectivity index (χ1) is 12.9. The zero-order chi connectivity index (χ0) is 19.6. The molecule has 3 nitrogen and oxygen atoms in total. The lowest BCUT2D eigenvalue weighted by Crippen LogP contribution is -1.93. The molecule has 0 fully saturated rings. The van der Waals surface area contributed by atoms with E-state index in [2.05, 4.69) is 25.9 Å². The molecular formula is C21H15BrCl2N2O. The summed E-state index contributed by atoms with van der Waals surface area (Å²) >= 11 is 15.5. The van der Waals surface area contributed by atoms with Crippen molar-refractivity contribution in [3.05, 3.63) is 80.3 Å². The summed E-state index contributed by atoms with van der Waals surface area (Å²) in [6.07, 6.45) is 0.820. The number of rotatable bonds is 1. The van der Waals surface area contributed by atoms with E-state index in [1.54, 1.807) is 6.92 Å². The fourth-order valence-electron chi connectivity index (χ4n) is 2.82. The van der Waals surface area contributed by atoms with Crippen LogP contribution in [-0.2, 0) is 0 Å². The molecule has 0 saturated heterocycles. The number of carbonyl (C=O) groups is 1. The molecule has 2 aromatic carbocycles. The molecule has 2 aromatic heterocycles. The summed E-state index contributed by atoms with van der Waals surface area (Å²) in [6.45, 7) is 3.71. The van der Waals surface area contributed by atoms with Crippen LogP contribution >= 0.6 is 39.1 Å². The standard InChI is InChI=1S/C11H8ClNO.C10H7BrClN/c1-7-10(6-14)8-4-2-3-5-9(8)11(12)13-7;1-6-9(11)7-4-2-3-5-8(7)10(12)13-6/h2-6H,1H3;2-5H,1H3. The van der Waals surface area contributed by atoms with E-state index in [0.29, 0.717) is 21.6 Å². The van der Waals surface area contributed by atoms with E-state index in [4.69, 9.17) is 23.2 Å². The number of benzene rings is 2. The van der Waals surface area contributed by atoms with Gasteiger partial charge < -0.3 is 0 Å². The molecule has 27 heavy (non-hydrogen) atoms. The van der Waals surface area contributed by atoms with E-state index in [-0.39, 0.29) is 0 Å². The maximum absolute atomic E-state index is 10.9. The Morgan fingerprint density at radius 1 is 0.778 bits per heavy atom. The van der Waals surface area contributed by atoms with E-state index in [1.165, 1.54) is 0 Å². The van der Waals surface area contributed by atoms with E-state index < -0.39 is 0 Å². The highest BCUT2D eigenvalue weighted by Crippen LogP contribution is 2.30. The van der Waals surface area contributed by atoms with Gasteiger partial charge in [-0.05, 0) is 35.2 Å². The van der Waals surface area contributed by atoms with Crippen molar-refractivity contribution in [2.45, 2.75) is 13.8 Å². The Balaban J connectivity index is 0.000000156. The number of hydrogen-bond donors (Lipinski definition) is 0. The van der Waals surface area contributed by atoms with Gasteiger partial charge in [-0.3, -0.25) is 4.79 Å². The molecule has 0 aliphatic heterocycles. The zero-order valence-electron chi connectivity index (χ0n) is 14.6. The second kappa shape index (κ2) is 8.34. The maximum atomic E-state index is 10.9. The lowest BCUT2D eigenvalue weighted by Gasteiger charge is -2.05. The van der Waals surface area contributed by atoms with Crippen molar-refractivity contribution in [1.29, 1.82) is 0 Å². The van der Waals surface area contributed by atoms with Gasteiger partial charge in [-0.15, -0.1) is 0 Å². The second-order valence-electron chi connectivity index (χ2n) is 5.91. The van der Waals surface area contributed by atoms with Gasteiger partial charge in [-0.25, -0.2) is 9.97 Å². The van der Waals surface area contributed by atoms with Gasteiger partial charge in [0.25, 0.3) is 0 Å². The predicted octanol–water partition coefficient (Wildman–Crippen LogP) is 6.97. The average Bonchev–Trinajstić information content (AvgIpc) is 2.67. The highest BCUT2D eigenvalue weighted by Gasteiger charge is 2.08. The number of carbonyl (C=O) groups excluding carboxylic acids is 1. The number of aromatic nitrogens is 2. The van der Waals surface area contributed by atoms with Crippen molar-refractivity contribution < 1.29 is 4.79 Å². The number of aryl methyl sites for hydroxylation is 2. The zero-order valence-corrected chi connectivity index (χ0v) is 17.7. The Morgan fingerprint density at radius 2 is 1.22 bits per heavy atom. The van der Waals surface area contributed by atoms with Crippen molar-refractivity contribution in [2.24, 2.45) is 0 Å². The highest BCUT2D eigenvalue weighted by molar-refractivity contribution is 9.10. The molecule has 0 aliphatic rings. The quantitative estimate of drug-likeness (QED) is 0.227. The third-order valence-corrected chi connectivity index (χ3v) is 5.76. The fourth-order valence-corrected chi connectivity index (χ4v) is 3.83. The minimum Gasteiger partial charge on any atom is -0.298 e. The summed E-state index contributed by atoms with van der Waals surface area (Å²) in [7, 11) is 0. The first kappa shape index (κ1) is 19.7. The molecule has 0 N–H and O–H groups in total. The first-order valence-corrected chi connectivity index (χ1v) is 9.69. The van der Waals surface area contributed by atoms with Crippen molar-refractivity contribution in [3.8, 4) is 0 Å². The average molecular weight is 462 g/mol. The Kier molecular flexibility index (Phi) is 6.10. The summed E-state index contributed by atoms with van der Waals surface area (Å²) in [5.41, 5.74) is 2.21. The summed E-state index contributed by atoms with van der Waals surface area (Å²) in [6, 6.07) is 15.4. The molecule has 0 amide bonds. The summed E-state index contributed by atoms with van der Waals surface area (Å²) < 4.78 is 1.02. The first-order valence-electron chi connectivity index (χ1n) is 8.14. The van der Waals surface area contributed by atoms with E-state index in [9.17, 15) is 4.79 Å². The van der Waals surface area contributed by atoms with Crippen LogP contribution in [0.2, 0.25) is 10.3 Å². The third-order valence-electron chi connectivity index (χ3n) is 4.18. The molecule has 4 rings (SSSR count). The van der Waals surface area contributed by atoms with E-state index in [0.717, 1.165) is 38.0 Å². The minimum atomic E-state index is 0.448. The van der Waals surface area contributed by atoms with Gasteiger partial charge in [0.05, 0.1) is 11.4 Å². The van der Waals surface area contributed by atoms with Gasteiger partial charge in [-0.1, -0.05) is 71.7 Å². The molecule has 0 bridgehead atoms. The predicted molar refractivity (Wildman–Crippen MR) is 116 cm³/mol. The van der Waals surface area contributed by atoms with E-state index in [1.807, 2.05) is 55.5 Å². The van der Waals surface area contributed by atoms with Crippen LogP contribution in [-0.4, -0.2) is 16.3 Å². The Bertz CT molecular complexity index is 1160. The molecule has 0 aliphatic carbocycles. The van der Waals surface area contributed by atoms with Crippen molar-refractivity contribution in [1.82, 2.24) is 9.97 Å². The number of hydrogen-bond acceptors (Lipinski definition) is 3. The monoisotopic (exact) mass is 460 g/mol. The Hall–Kier alpha value is -2.01. The maximum Gasteiger partial charge on any atom is 0.152 e. The SMILES string of the molecule is Cc1nc(Cl)c2ccccc2c1Br.Cc1nc(Cl)c2ccccc2c1C=O. The van der Waals surface area contributed by atoms with Gasteiger partial charge >= 0.3 is 0 Å². The smallest absolute Gasteiger partial charge is 0.152 e. The number of pyridine rings is 2. The largest absolute Gasteiger partial charge is 0.298 e. The Labute approximate surface area is 175 Å². The van der Waals surface area contributed by atoms with Crippen LogP contribution in [0.15, 0.2) is 53.0 Å². The van der Waals surface area contributed by atoms with Crippen LogP contribution in [0.25, 0.3) is 21.5 Å². The molecule has 0 saturated carbocycles. The summed E-state index contributed by atoms with van der Waals surface area (Å²) in [5, 5.41) is 4.79. The molecular weight excluding hydrogens is 447 g/mol. The van der Waals surface area contributed by atoms with Crippen LogP contribution in [0.1, 0.15) is 21.7 Å². The molecule has 6 heteroatoms. The van der Waals surface area contributed by atoms with Crippen molar-refractivity contribution in [2.75, 3.05) is 0 Å². The van der Waals surface area contributed by atoms with Crippen molar-refractivity contribution in [3.63, 3.8) is 0 Å². The van der Waals surface area contributed by atoms with Crippen LogP contribution < -0.4 is 0 Å². The molecule has 0 radical (unpaired) electrons. The number of aldehydes is 1. The molecule has 0 spiro atoms. The van der Waals surface area contributed by atoms with Crippen LogP contribution in [0.3, 0.4) is 0 Å². The van der Waals surface area contributed by atoms with E-state index >= 15 is 0 Å². The number of nitrogens with zero attached hydrogens (tertiary/aromatic N) is 2. The lowest BCUT2D eigenvalue weighted by atomic mass is 10.1. The van der Waals surface area contributed by atoms with Gasteiger partial charge in [0.1, 0.15) is 10.3 Å².